The minimum atomic E-state index is 0.332. The van der Waals surface area contributed by atoms with E-state index in [1.165, 1.54) is 11.3 Å². The van der Waals surface area contributed by atoms with Crippen molar-refractivity contribution in [1.82, 2.24) is 9.78 Å². The van der Waals surface area contributed by atoms with Gasteiger partial charge in [-0.3, -0.25) is 4.68 Å². The molecule has 1 aromatic heterocycles. The number of hydrogen-bond acceptors (Lipinski definition) is 3. The summed E-state index contributed by atoms with van der Waals surface area (Å²) in [6, 6.07) is 11.0. The zero-order chi connectivity index (χ0) is 14.7. The quantitative estimate of drug-likeness (QED) is 0.937. The van der Waals surface area contributed by atoms with Gasteiger partial charge in [-0.2, -0.15) is 5.10 Å². The van der Waals surface area contributed by atoms with E-state index in [-0.39, 0.29) is 0 Å². The van der Waals surface area contributed by atoms with Gasteiger partial charge in [0.15, 0.2) is 0 Å². The van der Waals surface area contributed by atoms with E-state index in [4.69, 9.17) is 4.74 Å². The van der Waals surface area contributed by atoms with Gasteiger partial charge in [0.25, 0.3) is 0 Å². The van der Waals surface area contributed by atoms with Crippen molar-refractivity contribution in [2.24, 2.45) is 0 Å². The van der Waals surface area contributed by atoms with Crippen LogP contribution in [0.2, 0.25) is 0 Å². The first-order valence-corrected chi connectivity index (χ1v) is 7.67. The molecule has 4 nitrogen and oxygen atoms in total. The number of ether oxygens (including phenoxy) is 1. The van der Waals surface area contributed by atoms with E-state index in [2.05, 4.69) is 48.5 Å². The van der Waals surface area contributed by atoms with E-state index in [1.807, 2.05) is 23.1 Å². The predicted octanol–water partition coefficient (Wildman–Crippen LogP) is 3.30. The summed E-state index contributed by atoms with van der Waals surface area (Å²) >= 11 is 0. The molecule has 0 saturated carbocycles. The number of aromatic nitrogens is 2. The van der Waals surface area contributed by atoms with E-state index < -0.39 is 0 Å². The fourth-order valence-electron chi connectivity index (χ4n) is 3.10. The first kappa shape index (κ1) is 14.1. The molecular formula is C17H23N3O. The van der Waals surface area contributed by atoms with Crippen LogP contribution in [0.25, 0.3) is 0 Å². The highest BCUT2D eigenvalue weighted by atomic mass is 16.5. The normalized spacial score (nSPS) is 25.7. The third kappa shape index (κ3) is 3.85. The van der Waals surface area contributed by atoms with Crippen LogP contribution in [0, 0.1) is 0 Å². The Morgan fingerprint density at radius 1 is 1.24 bits per heavy atom. The van der Waals surface area contributed by atoms with Crippen LogP contribution in [0.4, 0.5) is 5.69 Å². The summed E-state index contributed by atoms with van der Waals surface area (Å²) in [5, 5.41) is 7.91. The molecule has 2 aromatic rings. The number of hydrogen-bond donors (Lipinski definition) is 1. The summed E-state index contributed by atoms with van der Waals surface area (Å²) in [4.78, 5) is 0. The van der Waals surface area contributed by atoms with Gasteiger partial charge < -0.3 is 10.1 Å². The van der Waals surface area contributed by atoms with E-state index in [9.17, 15) is 0 Å². The molecule has 21 heavy (non-hydrogen) atoms. The third-order valence-corrected chi connectivity index (χ3v) is 3.90. The molecule has 1 aromatic carbocycles. The van der Waals surface area contributed by atoms with E-state index in [0.717, 1.165) is 19.4 Å². The number of nitrogens with one attached hydrogen (secondary N) is 1. The summed E-state index contributed by atoms with van der Waals surface area (Å²) in [7, 11) is 0. The third-order valence-electron chi connectivity index (χ3n) is 3.90. The van der Waals surface area contributed by atoms with E-state index in [1.54, 1.807) is 0 Å². The van der Waals surface area contributed by atoms with Crippen LogP contribution in [0.5, 0.6) is 0 Å². The maximum absolute atomic E-state index is 5.80. The summed E-state index contributed by atoms with van der Waals surface area (Å²) < 4.78 is 7.74. The van der Waals surface area contributed by atoms with Crippen molar-refractivity contribution in [2.75, 3.05) is 5.32 Å². The van der Waals surface area contributed by atoms with Crippen molar-refractivity contribution < 1.29 is 4.74 Å². The second-order valence-corrected chi connectivity index (χ2v) is 5.97. The van der Waals surface area contributed by atoms with Crippen molar-refractivity contribution >= 4 is 5.69 Å². The Morgan fingerprint density at radius 3 is 2.76 bits per heavy atom. The fraction of sp³-hybridized carbons (Fsp3) is 0.471. The number of benzene rings is 1. The second-order valence-electron chi connectivity index (χ2n) is 5.97. The Balaban J connectivity index is 1.65. The summed E-state index contributed by atoms with van der Waals surface area (Å²) in [6.07, 6.45) is 6.59. The minimum Gasteiger partial charge on any atom is -0.382 e. The molecule has 0 bridgehead atoms. The highest BCUT2D eigenvalue weighted by Crippen LogP contribution is 2.23. The first-order chi connectivity index (χ1) is 10.2. The molecule has 1 aliphatic rings. The highest BCUT2D eigenvalue weighted by Gasteiger charge is 2.24. The Bertz CT molecular complexity index is 557. The molecule has 0 radical (unpaired) electrons. The lowest BCUT2D eigenvalue weighted by molar-refractivity contribution is -0.0337. The Labute approximate surface area is 126 Å². The van der Waals surface area contributed by atoms with E-state index >= 15 is 0 Å². The molecule has 2 unspecified atom stereocenters. The lowest BCUT2D eigenvalue weighted by Gasteiger charge is -2.33. The zero-order valence-corrected chi connectivity index (χ0v) is 12.7. The molecule has 3 rings (SSSR count). The molecule has 1 fully saturated rings. The van der Waals surface area contributed by atoms with Crippen LogP contribution < -0.4 is 5.32 Å². The molecule has 1 saturated heterocycles. The average Bonchev–Trinajstić information content (AvgIpc) is 2.90. The molecule has 1 N–H and O–H groups in total. The summed E-state index contributed by atoms with van der Waals surface area (Å²) in [6.45, 7) is 5.11. The van der Waals surface area contributed by atoms with Crippen LogP contribution in [0.3, 0.4) is 0 Å². The molecule has 4 heteroatoms. The average molecular weight is 285 g/mol. The molecule has 112 valence electrons. The van der Waals surface area contributed by atoms with E-state index in [0.29, 0.717) is 18.2 Å². The topological polar surface area (TPSA) is 39.1 Å². The molecule has 2 heterocycles. The van der Waals surface area contributed by atoms with Crippen molar-refractivity contribution in [1.29, 1.82) is 0 Å². The van der Waals surface area contributed by atoms with Crippen molar-refractivity contribution in [3.8, 4) is 0 Å². The molecule has 0 aliphatic carbocycles. The van der Waals surface area contributed by atoms with Crippen LogP contribution in [0.15, 0.2) is 42.7 Å². The molecular weight excluding hydrogens is 262 g/mol. The van der Waals surface area contributed by atoms with Crippen LogP contribution in [0.1, 0.15) is 32.3 Å². The zero-order valence-electron chi connectivity index (χ0n) is 12.7. The van der Waals surface area contributed by atoms with Crippen LogP contribution in [-0.4, -0.2) is 28.0 Å². The van der Waals surface area contributed by atoms with Gasteiger partial charge in [0.2, 0.25) is 0 Å². The SMILES string of the molecule is CC1CC(Nc2cccc(Cn3cccn3)c2)CC(C)O1. The van der Waals surface area contributed by atoms with Gasteiger partial charge in [0.1, 0.15) is 0 Å². The fourth-order valence-corrected chi connectivity index (χ4v) is 3.10. The first-order valence-electron chi connectivity index (χ1n) is 7.67. The molecule has 1 aliphatic heterocycles. The van der Waals surface area contributed by atoms with Crippen LogP contribution in [-0.2, 0) is 11.3 Å². The van der Waals surface area contributed by atoms with Gasteiger partial charge in [-0.1, -0.05) is 12.1 Å². The maximum atomic E-state index is 5.80. The number of nitrogens with zero attached hydrogens (tertiary/aromatic N) is 2. The Morgan fingerprint density at radius 2 is 2.05 bits per heavy atom. The largest absolute Gasteiger partial charge is 0.382 e. The van der Waals surface area contributed by atoms with Crippen LogP contribution >= 0.6 is 0 Å². The van der Waals surface area contributed by atoms with Gasteiger partial charge in [-0.15, -0.1) is 0 Å². The number of anilines is 1. The second kappa shape index (κ2) is 6.31. The minimum absolute atomic E-state index is 0.332. The van der Waals surface area contributed by atoms with Crippen molar-refractivity contribution in [3.63, 3.8) is 0 Å². The molecule has 0 spiro atoms. The highest BCUT2D eigenvalue weighted by molar-refractivity contribution is 5.46. The van der Waals surface area contributed by atoms with Gasteiger partial charge in [0.05, 0.1) is 18.8 Å². The smallest absolute Gasteiger partial charge is 0.0660 e. The van der Waals surface area contributed by atoms with Gasteiger partial charge >= 0.3 is 0 Å². The standard InChI is InChI=1S/C17H23N3O/c1-13-9-17(10-14(2)21-13)19-16-6-3-5-15(11-16)12-20-8-4-7-18-20/h3-8,11,13-14,17,19H,9-10,12H2,1-2H3. The summed E-state index contributed by atoms with van der Waals surface area (Å²) in [5.41, 5.74) is 2.45. The lowest BCUT2D eigenvalue weighted by Crippen LogP contribution is -2.36. The van der Waals surface area contributed by atoms with Gasteiger partial charge in [-0.05, 0) is 50.5 Å². The summed E-state index contributed by atoms with van der Waals surface area (Å²) in [5.74, 6) is 0. The molecule has 2 atom stereocenters. The molecule has 0 amide bonds. The van der Waals surface area contributed by atoms with Crippen molar-refractivity contribution in [3.05, 3.63) is 48.3 Å². The number of rotatable bonds is 4. The van der Waals surface area contributed by atoms with Gasteiger partial charge in [0, 0.05) is 24.1 Å². The Hall–Kier alpha value is -1.81. The van der Waals surface area contributed by atoms with Gasteiger partial charge in [-0.25, -0.2) is 0 Å². The predicted molar refractivity (Wildman–Crippen MR) is 84.4 cm³/mol. The lowest BCUT2D eigenvalue weighted by atomic mass is 9.99. The maximum Gasteiger partial charge on any atom is 0.0660 e. The monoisotopic (exact) mass is 285 g/mol. The Kier molecular flexibility index (Phi) is 4.25. The van der Waals surface area contributed by atoms with Crippen molar-refractivity contribution in [2.45, 2.75) is 51.5 Å².